The largest absolute Gasteiger partial charge is 0.296 e. The summed E-state index contributed by atoms with van der Waals surface area (Å²) < 4.78 is 0. The highest BCUT2D eigenvalue weighted by Gasteiger charge is 2.35. The monoisotopic (exact) mass is 218 g/mol. The molecule has 2 unspecified atom stereocenters. The van der Waals surface area contributed by atoms with E-state index in [2.05, 4.69) is 10.3 Å². The Morgan fingerprint density at radius 1 is 1.50 bits per heavy atom. The molecule has 0 radical (unpaired) electrons. The van der Waals surface area contributed by atoms with Crippen LogP contribution in [0.3, 0.4) is 0 Å². The molecule has 1 fully saturated rings. The fourth-order valence-corrected chi connectivity index (χ4v) is 2.22. The third-order valence-corrected chi connectivity index (χ3v) is 3.04. The van der Waals surface area contributed by atoms with Crippen LogP contribution in [0.1, 0.15) is 31.2 Å². The van der Waals surface area contributed by atoms with Gasteiger partial charge in [-0.1, -0.05) is 13.0 Å². The van der Waals surface area contributed by atoms with E-state index in [1.807, 2.05) is 19.1 Å². The first kappa shape index (κ1) is 10.8. The lowest BCUT2D eigenvalue weighted by molar-refractivity contribution is -0.137. The van der Waals surface area contributed by atoms with Crippen molar-refractivity contribution in [3.05, 3.63) is 30.1 Å². The molecule has 1 saturated heterocycles. The summed E-state index contributed by atoms with van der Waals surface area (Å²) in [4.78, 5) is 27.1. The Kier molecular flexibility index (Phi) is 2.99. The number of rotatable bonds is 2. The molecule has 1 aliphatic rings. The summed E-state index contributed by atoms with van der Waals surface area (Å²) in [5.74, 6) is -0.502. The van der Waals surface area contributed by atoms with Gasteiger partial charge in [0.15, 0.2) is 0 Å². The maximum absolute atomic E-state index is 11.7. The molecule has 2 rings (SSSR count). The number of hydrogen-bond acceptors (Lipinski definition) is 3. The number of carbonyl (C=O) groups excluding carboxylic acids is 2. The number of pyridine rings is 1. The van der Waals surface area contributed by atoms with Crippen LogP contribution in [0.15, 0.2) is 24.5 Å². The Bertz CT molecular complexity index is 403. The van der Waals surface area contributed by atoms with Crippen molar-refractivity contribution in [1.29, 1.82) is 0 Å². The highest BCUT2D eigenvalue weighted by Crippen LogP contribution is 2.32. The summed E-state index contributed by atoms with van der Waals surface area (Å²) in [6.45, 7) is 1.96. The number of hydrogen-bond donors (Lipinski definition) is 1. The van der Waals surface area contributed by atoms with Crippen LogP contribution in [-0.4, -0.2) is 16.8 Å². The van der Waals surface area contributed by atoms with Crippen LogP contribution in [0.2, 0.25) is 0 Å². The minimum atomic E-state index is -0.191. The van der Waals surface area contributed by atoms with Gasteiger partial charge in [-0.25, -0.2) is 0 Å². The van der Waals surface area contributed by atoms with E-state index in [0.29, 0.717) is 6.42 Å². The van der Waals surface area contributed by atoms with Gasteiger partial charge in [0.1, 0.15) is 0 Å². The number of nitrogens with one attached hydrogen (secondary N) is 1. The van der Waals surface area contributed by atoms with Crippen molar-refractivity contribution in [2.24, 2.45) is 5.92 Å². The predicted octanol–water partition coefficient (Wildman–Crippen LogP) is 1.24. The lowest BCUT2D eigenvalue weighted by Crippen LogP contribution is -2.44. The summed E-state index contributed by atoms with van der Waals surface area (Å²) in [5.41, 5.74) is 0.970. The first-order valence-corrected chi connectivity index (χ1v) is 5.46. The van der Waals surface area contributed by atoms with Crippen LogP contribution in [0.5, 0.6) is 0 Å². The van der Waals surface area contributed by atoms with E-state index < -0.39 is 0 Å². The van der Waals surface area contributed by atoms with Crippen LogP contribution in [0.25, 0.3) is 0 Å². The standard InChI is InChI=1S/C12H14N2O2/c1-2-9-10(6-11(15)14-12(9)16)8-4-3-5-13-7-8/h3-5,7,9-10H,2,6H2,1H3,(H,14,15,16). The van der Waals surface area contributed by atoms with Gasteiger partial charge in [-0.15, -0.1) is 0 Å². The van der Waals surface area contributed by atoms with Crippen LogP contribution in [0, 0.1) is 5.92 Å². The number of aromatic nitrogens is 1. The second kappa shape index (κ2) is 4.43. The van der Waals surface area contributed by atoms with Crippen LogP contribution < -0.4 is 5.32 Å². The fourth-order valence-electron chi connectivity index (χ4n) is 2.22. The number of nitrogens with zero attached hydrogens (tertiary/aromatic N) is 1. The topological polar surface area (TPSA) is 59.1 Å². The van der Waals surface area contributed by atoms with E-state index in [-0.39, 0.29) is 23.7 Å². The molecule has 16 heavy (non-hydrogen) atoms. The van der Waals surface area contributed by atoms with Crippen molar-refractivity contribution in [1.82, 2.24) is 10.3 Å². The molecule has 1 N–H and O–H groups in total. The second-order valence-electron chi connectivity index (χ2n) is 4.02. The zero-order valence-electron chi connectivity index (χ0n) is 9.14. The van der Waals surface area contributed by atoms with E-state index in [1.54, 1.807) is 12.4 Å². The van der Waals surface area contributed by atoms with Crippen molar-refractivity contribution in [2.45, 2.75) is 25.7 Å². The summed E-state index contributed by atoms with van der Waals surface area (Å²) >= 11 is 0. The zero-order valence-corrected chi connectivity index (χ0v) is 9.14. The van der Waals surface area contributed by atoms with Crippen molar-refractivity contribution in [2.75, 3.05) is 0 Å². The molecule has 1 aliphatic heterocycles. The third-order valence-electron chi connectivity index (χ3n) is 3.04. The smallest absolute Gasteiger partial charge is 0.230 e. The average molecular weight is 218 g/mol. The molecule has 0 bridgehead atoms. The lowest BCUT2D eigenvalue weighted by atomic mass is 9.79. The summed E-state index contributed by atoms with van der Waals surface area (Å²) in [6.07, 6.45) is 4.53. The second-order valence-corrected chi connectivity index (χ2v) is 4.02. The van der Waals surface area contributed by atoms with E-state index in [1.165, 1.54) is 0 Å². The van der Waals surface area contributed by atoms with Crippen molar-refractivity contribution in [3.8, 4) is 0 Å². The number of piperidine rings is 1. The molecule has 1 aromatic rings. The number of imide groups is 1. The molecule has 4 nitrogen and oxygen atoms in total. The van der Waals surface area contributed by atoms with Gasteiger partial charge in [-0.05, 0) is 18.1 Å². The molecule has 0 aromatic carbocycles. The van der Waals surface area contributed by atoms with Gasteiger partial charge in [0.05, 0.1) is 0 Å². The number of carbonyl (C=O) groups is 2. The first-order chi connectivity index (χ1) is 7.72. The molecular formula is C12H14N2O2. The van der Waals surface area contributed by atoms with E-state index in [9.17, 15) is 9.59 Å². The molecule has 84 valence electrons. The summed E-state index contributed by atoms with van der Waals surface area (Å²) in [7, 11) is 0. The molecule has 0 spiro atoms. The quantitative estimate of drug-likeness (QED) is 0.760. The van der Waals surface area contributed by atoms with Crippen LogP contribution >= 0.6 is 0 Å². The average Bonchev–Trinajstić information content (AvgIpc) is 2.29. The fraction of sp³-hybridized carbons (Fsp3) is 0.417. The molecule has 0 saturated carbocycles. The Morgan fingerprint density at radius 3 is 2.94 bits per heavy atom. The molecule has 2 amide bonds. The van der Waals surface area contributed by atoms with Gasteiger partial charge in [0.2, 0.25) is 11.8 Å². The predicted molar refractivity (Wildman–Crippen MR) is 58.5 cm³/mol. The Hall–Kier alpha value is -1.71. The minimum Gasteiger partial charge on any atom is -0.296 e. The SMILES string of the molecule is CCC1C(=O)NC(=O)CC1c1cccnc1. The maximum Gasteiger partial charge on any atom is 0.230 e. The maximum atomic E-state index is 11.7. The minimum absolute atomic E-state index is 0.0278. The number of amides is 2. The molecular weight excluding hydrogens is 204 g/mol. The normalized spacial score (nSPS) is 25.3. The third kappa shape index (κ3) is 1.96. The van der Waals surface area contributed by atoms with E-state index >= 15 is 0 Å². The van der Waals surface area contributed by atoms with Gasteiger partial charge in [-0.2, -0.15) is 0 Å². The highest BCUT2D eigenvalue weighted by atomic mass is 16.2. The molecule has 1 aromatic heterocycles. The van der Waals surface area contributed by atoms with Crippen LogP contribution in [-0.2, 0) is 9.59 Å². The van der Waals surface area contributed by atoms with Gasteiger partial charge < -0.3 is 0 Å². The summed E-state index contributed by atoms with van der Waals surface area (Å²) in [5, 5.41) is 2.38. The van der Waals surface area contributed by atoms with E-state index in [0.717, 1.165) is 12.0 Å². The van der Waals surface area contributed by atoms with Crippen molar-refractivity contribution < 1.29 is 9.59 Å². The molecule has 0 aliphatic carbocycles. The Morgan fingerprint density at radius 2 is 2.31 bits per heavy atom. The van der Waals surface area contributed by atoms with Crippen molar-refractivity contribution >= 4 is 11.8 Å². The summed E-state index contributed by atoms with van der Waals surface area (Å²) in [6, 6.07) is 3.76. The van der Waals surface area contributed by atoms with Gasteiger partial charge in [0, 0.05) is 30.7 Å². The molecule has 2 heterocycles. The first-order valence-electron chi connectivity index (χ1n) is 5.46. The lowest BCUT2D eigenvalue weighted by Gasteiger charge is -2.29. The molecule has 4 heteroatoms. The Balaban J connectivity index is 2.30. The van der Waals surface area contributed by atoms with Gasteiger partial charge in [0.25, 0.3) is 0 Å². The van der Waals surface area contributed by atoms with E-state index in [4.69, 9.17) is 0 Å². The van der Waals surface area contributed by atoms with Gasteiger partial charge in [-0.3, -0.25) is 19.9 Å². The molecule has 2 atom stereocenters. The van der Waals surface area contributed by atoms with Crippen LogP contribution in [0.4, 0.5) is 0 Å². The highest BCUT2D eigenvalue weighted by molar-refractivity contribution is 5.99. The Labute approximate surface area is 94.1 Å². The van der Waals surface area contributed by atoms with Gasteiger partial charge >= 0.3 is 0 Å². The zero-order chi connectivity index (χ0) is 11.5. The van der Waals surface area contributed by atoms with Crippen molar-refractivity contribution in [3.63, 3.8) is 0 Å².